The number of carboxylic acids is 1. The van der Waals surface area contributed by atoms with Crippen molar-refractivity contribution in [3.63, 3.8) is 0 Å². The van der Waals surface area contributed by atoms with Crippen LogP contribution >= 0.6 is 0 Å². The fourth-order valence-corrected chi connectivity index (χ4v) is 1.98. The molecule has 0 radical (unpaired) electrons. The molecule has 14 heavy (non-hydrogen) atoms. The number of carboxylic acid groups (broad SMARTS) is 1. The summed E-state index contributed by atoms with van der Waals surface area (Å²) in [6.45, 7) is 2.07. The normalized spacial score (nSPS) is 29.9. The molecule has 0 unspecified atom stereocenters. The molecule has 1 fully saturated rings. The Hall–Kier alpha value is -0.610. The first-order valence-corrected chi connectivity index (χ1v) is 5.25. The Balaban J connectivity index is 2.37. The molecule has 82 valence electrons. The van der Waals surface area contributed by atoms with E-state index in [-0.39, 0.29) is 12.5 Å². The molecular weight excluding hydrogens is 180 g/mol. The zero-order valence-corrected chi connectivity index (χ0v) is 8.78. The molecule has 0 amide bonds. The number of likely N-dealkylation sites (tertiary alicyclic amines) is 1. The third kappa shape index (κ3) is 3.64. The van der Waals surface area contributed by atoms with E-state index in [1.807, 2.05) is 0 Å². The van der Waals surface area contributed by atoms with Crippen molar-refractivity contribution in [1.82, 2.24) is 4.90 Å². The van der Waals surface area contributed by atoms with Crippen LogP contribution in [-0.4, -0.2) is 42.2 Å². The van der Waals surface area contributed by atoms with Gasteiger partial charge in [0.25, 0.3) is 0 Å². The number of hydrogen-bond acceptors (Lipinski definition) is 3. The summed E-state index contributed by atoms with van der Waals surface area (Å²) in [5.74, 6) is -0.328. The van der Waals surface area contributed by atoms with E-state index >= 15 is 0 Å². The van der Waals surface area contributed by atoms with E-state index in [1.54, 1.807) is 0 Å². The van der Waals surface area contributed by atoms with Crippen molar-refractivity contribution in [1.29, 1.82) is 0 Å². The van der Waals surface area contributed by atoms with Gasteiger partial charge in [-0.1, -0.05) is 0 Å². The van der Waals surface area contributed by atoms with E-state index < -0.39 is 5.97 Å². The maximum absolute atomic E-state index is 10.4. The molecule has 0 aromatic heterocycles. The summed E-state index contributed by atoms with van der Waals surface area (Å²) in [4.78, 5) is 12.7. The second-order valence-corrected chi connectivity index (χ2v) is 4.24. The molecular formula is C10H20N2O2. The topological polar surface area (TPSA) is 66.6 Å². The molecule has 1 heterocycles. The van der Waals surface area contributed by atoms with Crippen LogP contribution in [0.4, 0.5) is 0 Å². The van der Waals surface area contributed by atoms with Gasteiger partial charge >= 0.3 is 5.97 Å². The summed E-state index contributed by atoms with van der Waals surface area (Å²) in [7, 11) is 2.09. The number of carbonyl (C=O) groups is 1. The van der Waals surface area contributed by atoms with E-state index in [0.717, 1.165) is 32.4 Å². The summed E-state index contributed by atoms with van der Waals surface area (Å²) in [5, 5.41) is 8.60. The van der Waals surface area contributed by atoms with Crippen LogP contribution in [0.15, 0.2) is 0 Å². The summed E-state index contributed by atoms with van der Waals surface area (Å²) in [6, 6.07) is 0.180. The summed E-state index contributed by atoms with van der Waals surface area (Å²) < 4.78 is 0. The molecule has 4 nitrogen and oxygen atoms in total. The van der Waals surface area contributed by atoms with Crippen LogP contribution in [0.5, 0.6) is 0 Å². The van der Waals surface area contributed by atoms with E-state index in [4.69, 9.17) is 10.8 Å². The lowest BCUT2D eigenvalue weighted by atomic mass is 9.91. The molecule has 0 aliphatic carbocycles. The molecule has 0 saturated carbocycles. The first kappa shape index (κ1) is 11.5. The van der Waals surface area contributed by atoms with Crippen LogP contribution in [0.3, 0.4) is 0 Å². The maximum Gasteiger partial charge on any atom is 0.303 e. The summed E-state index contributed by atoms with van der Waals surface area (Å²) in [5.41, 5.74) is 6.01. The fourth-order valence-electron chi connectivity index (χ4n) is 1.98. The molecule has 3 N–H and O–H groups in total. The third-order valence-electron chi connectivity index (χ3n) is 3.06. The fraction of sp³-hybridized carbons (Fsp3) is 0.900. The van der Waals surface area contributed by atoms with Gasteiger partial charge in [0.15, 0.2) is 0 Å². The second kappa shape index (κ2) is 5.32. The first-order chi connectivity index (χ1) is 6.59. The molecule has 1 saturated heterocycles. The highest BCUT2D eigenvalue weighted by Crippen LogP contribution is 2.20. The van der Waals surface area contributed by atoms with Gasteiger partial charge in [-0.3, -0.25) is 4.79 Å². The van der Waals surface area contributed by atoms with Crippen LogP contribution in [0.25, 0.3) is 0 Å². The predicted molar refractivity (Wildman–Crippen MR) is 55.1 cm³/mol. The predicted octanol–water partition coefficient (Wildman–Crippen LogP) is 0.520. The molecule has 2 atom stereocenters. The van der Waals surface area contributed by atoms with Crippen molar-refractivity contribution >= 4 is 5.97 Å². The van der Waals surface area contributed by atoms with Crippen LogP contribution in [-0.2, 0) is 4.79 Å². The van der Waals surface area contributed by atoms with Gasteiger partial charge in [0, 0.05) is 12.5 Å². The van der Waals surface area contributed by atoms with Crippen molar-refractivity contribution in [3.8, 4) is 0 Å². The highest BCUT2D eigenvalue weighted by molar-refractivity contribution is 5.66. The zero-order chi connectivity index (χ0) is 10.6. The minimum absolute atomic E-state index is 0.180. The van der Waals surface area contributed by atoms with E-state index in [1.165, 1.54) is 0 Å². The standard InChI is InChI=1S/C10H20N2O2/c1-12-6-4-8(2-3-10(13)14)9(11)5-7-12/h8-9H,2-7,11H2,1H3,(H,13,14)/t8-,9+/m0/s1. The average Bonchev–Trinajstić information content (AvgIpc) is 2.27. The van der Waals surface area contributed by atoms with Gasteiger partial charge in [-0.05, 0) is 45.3 Å². The summed E-state index contributed by atoms with van der Waals surface area (Å²) in [6.07, 6.45) is 3.00. The van der Waals surface area contributed by atoms with Gasteiger partial charge in [-0.15, -0.1) is 0 Å². The highest BCUT2D eigenvalue weighted by atomic mass is 16.4. The van der Waals surface area contributed by atoms with Crippen LogP contribution in [0, 0.1) is 5.92 Å². The number of aliphatic carboxylic acids is 1. The Labute approximate surface area is 85.1 Å². The van der Waals surface area contributed by atoms with Gasteiger partial charge in [-0.25, -0.2) is 0 Å². The second-order valence-electron chi connectivity index (χ2n) is 4.24. The number of nitrogens with zero attached hydrogens (tertiary/aromatic N) is 1. The molecule has 0 spiro atoms. The van der Waals surface area contributed by atoms with Crippen molar-refractivity contribution in [2.75, 3.05) is 20.1 Å². The molecule has 0 aromatic carbocycles. The van der Waals surface area contributed by atoms with Gasteiger partial charge in [0.05, 0.1) is 0 Å². The lowest BCUT2D eigenvalue weighted by Gasteiger charge is -2.19. The Morgan fingerprint density at radius 1 is 1.50 bits per heavy atom. The maximum atomic E-state index is 10.4. The minimum atomic E-state index is -0.713. The summed E-state index contributed by atoms with van der Waals surface area (Å²) >= 11 is 0. The lowest BCUT2D eigenvalue weighted by Crippen LogP contribution is -2.30. The Morgan fingerprint density at radius 2 is 2.14 bits per heavy atom. The average molecular weight is 200 g/mol. The van der Waals surface area contributed by atoms with Gasteiger partial charge in [0.2, 0.25) is 0 Å². The minimum Gasteiger partial charge on any atom is -0.481 e. The van der Waals surface area contributed by atoms with Gasteiger partial charge in [0.1, 0.15) is 0 Å². The van der Waals surface area contributed by atoms with E-state index in [2.05, 4.69) is 11.9 Å². The lowest BCUT2D eigenvalue weighted by molar-refractivity contribution is -0.137. The molecule has 1 aliphatic rings. The van der Waals surface area contributed by atoms with Gasteiger partial charge in [-0.2, -0.15) is 0 Å². The van der Waals surface area contributed by atoms with Crippen molar-refractivity contribution in [2.45, 2.75) is 31.7 Å². The number of rotatable bonds is 3. The molecule has 4 heteroatoms. The molecule has 0 bridgehead atoms. The number of hydrogen-bond donors (Lipinski definition) is 2. The molecule has 0 aromatic rings. The Kier molecular flexibility index (Phi) is 4.35. The highest BCUT2D eigenvalue weighted by Gasteiger charge is 2.22. The zero-order valence-electron chi connectivity index (χ0n) is 8.78. The molecule has 1 aliphatic heterocycles. The smallest absolute Gasteiger partial charge is 0.303 e. The van der Waals surface area contributed by atoms with E-state index in [0.29, 0.717) is 5.92 Å². The monoisotopic (exact) mass is 200 g/mol. The van der Waals surface area contributed by atoms with Crippen LogP contribution in [0.2, 0.25) is 0 Å². The quantitative estimate of drug-likeness (QED) is 0.697. The van der Waals surface area contributed by atoms with Crippen molar-refractivity contribution < 1.29 is 9.90 Å². The molecule has 1 rings (SSSR count). The Bertz CT molecular complexity index is 197. The van der Waals surface area contributed by atoms with E-state index in [9.17, 15) is 4.79 Å². The Morgan fingerprint density at radius 3 is 2.79 bits per heavy atom. The first-order valence-electron chi connectivity index (χ1n) is 5.25. The van der Waals surface area contributed by atoms with Gasteiger partial charge < -0.3 is 15.7 Å². The SMILES string of the molecule is CN1CC[C@H](CCC(=O)O)[C@H](N)CC1. The van der Waals surface area contributed by atoms with Crippen molar-refractivity contribution in [3.05, 3.63) is 0 Å². The number of nitrogens with two attached hydrogens (primary N) is 1. The van der Waals surface area contributed by atoms with Crippen molar-refractivity contribution in [2.24, 2.45) is 11.7 Å². The third-order valence-corrected chi connectivity index (χ3v) is 3.06. The van der Waals surface area contributed by atoms with Crippen LogP contribution in [0.1, 0.15) is 25.7 Å². The van der Waals surface area contributed by atoms with Crippen LogP contribution < -0.4 is 5.73 Å². The largest absolute Gasteiger partial charge is 0.481 e.